The molecule has 0 atom stereocenters. The summed E-state index contributed by atoms with van der Waals surface area (Å²) in [6, 6.07) is 6.28. The van der Waals surface area contributed by atoms with Crippen LogP contribution in [0.1, 0.15) is 11.3 Å². The lowest BCUT2D eigenvalue weighted by molar-refractivity contribution is -0.131. The van der Waals surface area contributed by atoms with Crippen molar-refractivity contribution in [3.63, 3.8) is 0 Å². The van der Waals surface area contributed by atoms with E-state index in [1.54, 1.807) is 0 Å². The highest BCUT2D eigenvalue weighted by Crippen LogP contribution is 2.26. The number of nitrogens with one attached hydrogen (secondary N) is 2. The number of hydrogen-bond acceptors (Lipinski definition) is 2. The molecule has 1 aromatic heterocycles. The van der Waals surface area contributed by atoms with Gasteiger partial charge in [0.1, 0.15) is 0 Å². The number of amides is 1. The second-order valence-electron chi connectivity index (χ2n) is 5.23. The molecule has 0 unspecified atom stereocenters. The third-order valence-corrected chi connectivity index (χ3v) is 4.39. The van der Waals surface area contributed by atoms with E-state index in [2.05, 4.69) is 45.3 Å². The van der Waals surface area contributed by atoms with Crippen molar-refractivity contribution in [3.05, 3.63) is 33.9 Å². The van der Waals surface area contributed by atoms with Crippen LogP contribution in [0.4, 0.5) is 0 Å². The molecule has 0 aliphatic carbocycles. The maximum atomic E-state index is 11.8. The van der Waals surface area contributed by atoms with Crippen LogP contribution in [0, 0.1) is 6.92 Å². The van der Waals surface area contributed by atoms with Gasteiger partial charge >= 0.3 is 0 Å². The van der Waals surface area contributed by atoms with Crippen LogP contribution >= 0.6 is 15.9 Å². The van der Waals surface area contributed by atoms with Crippen molar-refractivity contribution in [2.75, 3.05) is 26.2 Å². The Kier molecular flexibility index (Phi) is 3.81. The number of carbonyl (C=O) groups excluding carboxylic acids is 1. The van der Waals surface area contributed by atoms with Gasteiger partial charge < -0.3 is 15.2 Å². The lowest BCUT2D eigenvalue weighted by atomic mass is 10.1. The van der Waals surface area contributed by atoms with E-state index >= 15 is 0 Å². The normalized spacial score (nSPS) is 16.1. The summed E-state index contributed by atoms with van der Waals surface area (Å²) in [5, 5.41) is 4.35. The molecular formula is C15H18BrN3O. The number of aromatic amines is 1. The summed E-state index contributed by atoms with van der Waals surface area (Å²) in [5.74, 6) is 0.204. The number of piperazine rings is 1. The monoisotopic (exact) mass is 335 g/mol. The lowest BCUT2D eigenvalue weighted by Crippen LogP contribution is -2.48. The maximum absolute atomic E-state index is 11.8. The van der Waals surface area contributed by atoms with Gasteiger partial charge in [0.25, 0.3) is 0 Å². The quantitative estimate of drug-likeness (QED) is 0.903. The smallest absolute Gasteiger partial charge is 0.236 e. The molecule has 1 aromatic carbocycles. The minimum absolute atomic E-state index is 0.204. The van der Waals surface area contributed by atoms with E-state index in [4.69, 9.17) is 0 Å². The van der Waals surface area contributed by atoms with Gasteiger partial charge in [-0.1, -0.05) is 15.9 Å². The Morgan fingerprint density at radius 2 is 2.25 bits per heavy atom. The van der Waals surface area contributed by atoms with Gasteiger partial charge in [0.05, 0.1) is 6.54 Å². The molecule has 1 saturated heterocycles. The first kappa shape index (κ1) is 13.6. The maximum Gasteiger partial charge on any atom is 0.236 e. The fourth-order valence-electron chi connectivity index (χ4n) is 2.81. The van der Waals surface area contributed by atoms with Crippen molar-refractivity contribution in [2.24, 2.45) is 0 Å². The standard InChI is InChI=1S/C15H18BrN3O/c1-10-12(4-6-19-7-5-17-9-15(19)20)13-8-11(16)2-3-14(13)18-10/h2-3,8,17-18H,4-7,9H2,1H3. The molecule has 4 nitrogen and oxygen atoms in total. The number of rotatable bonds is 3. The summed E-state index contributed by atoms with van der Waals surface area (Å²) in [6.45, 7) is 5.07. The van der Waals surface area contributed by atoms with E-state index in [1.165, 1.54) is 16.6 Å². The van der Waals surface area contributed by atoms with Crippen LogP contribution in [0.3, 0.4) is 0 Å². The van der Waals surface area contributed by atoms with Gasteiger partial charge in [-0.3, -0.25) is 4.79 Å². The molecule has 3 rings (SSSR count). The molecular weight excluding hydrogens is 318 g/mol. The topological polar surface area (TPSA) is 48.1 Å². The van der Waals surface area contributed by atoms with Gasteiger partial charge in [-0.25, -0.2) is 0 Å². The van der Waals surface area contributed by atoms with Crippen LogP contribution in [0.25, 0.3) is 10.9 Å². The summed E-state index contributed by atoms with van der Waals surface area (Å²) in [6.07, 6.45) is 0.897. The molecule has 1 aliphatic rings. The number of nitrogens with zero attached hydrogens (tertiary/aromatic N) is 1. The minimum Gasteiger partial charge on any atom is -0.358 e. The van der Waals surface area contributed by atoms with E-state index in [0.29, 0.717) is 6.54 Å². The highest BCUT2D eigenvalue weighted by molar-refractivity contribution is 9.10. The first-order valence-electron chi connectivity index (χ1n) is 6.90. The summed E-state index contributed by atoms with van der Waals surface area (Å²) in [7, 11) is 0. The molecule has 106 valence electrons. The lowest BCUT2D eigenvalue weighted by Gasteiger charge is -2.27. The SMILES string of the molecule is Cc1[nH]c2ccc(Br)cc2c1CCN1CCNCC1=O. The fraction of sp³-hybridized carbons (Fsp3) is 0.400. The van der Waals surface area contributed by atoms with Crippen molar-refractivity contribution >= 4 is 32.7 Å². The Balaban J connectivity index is 1.81. The van der Waals surface area contributed by atoms with Gasteiger partial charge in [0, 0.05) is 40.7 Å². The molecule has 5 heteroatoms. The van der Waals surface area contributed by atoms with E-state index in [-0.39, 0.29) is 5.91 Å². The van der Waals surface area contributed by atoms with E-state index in [0.717, 1.165) is 36.0 Å². The van der Waals surface area contributed by atoms with Gasteiger partial charge in [0.2, 0.25) is 5.91 Å². The van der Waals surface area contributed by atoms with Crippen molar-refractivity contribution in [1.29, 1.82) is 0 Å². The average molecular weight is 336 g/mol. The van der Waals surface area contributed by atoms with Crippen LogP contribution in [-0.4, -0.2) is 42.0 Å². The first-order valence-corrected chi connectivity index (χ1v) is 7.69. The highest BCUT2D eigenvalue weighted by Gasteiger charge is 2.18. The molecule has 0 spiro atoms. The highest BCUT2D eigenvalue weighted by atomic mass is 79.9. The van der Waals surface area contributed by atoms with Crippen LogP contribution in [0.15, 0.2) is 22.7 Å². The number of benzene rings is 1. The summed E-state index contributed by atoms with van der Waals surface area (Å²) < 4.78 is 1.09. The number of aromatic nitrogens is 1. The van der Waals surface area contributed by atoms with Gasteiger partial charge in [-0.15, -0.1) is 0 Å². The zero-order valence-electron chi connectivity index (χ0n) is 11.5. The summed E-state index contributed by atoms with van der Waals surface area (Å²) in [5.41, 5.74) is 3.67. The van der Waals surface area contributed by atoms with Crippen LogP contribution < -0.4 is 5.32 Å². The largest absolute Gasteiger partial charge is 0.358 e. The van der Waals surface area contributed by atoms with Crippen molar-refractivity contribution in [3.8, 4) is 0 Å². The molecule has 1 amide bonds. The number of hydrogen-bond donors (Lipinski definition) is 2. The Bertz CT molecular complexity index is 650. The van der Waals surface area contributed by atoms with E-state index in [1.807, 2.05) is 11.0 Å². The number of H-pyrrole nitrogens is 1. The van der Waals surface area contributed by atoms with Crippen LogP contribution in [-0.2, 0) is 11.2 Å². The molecule has 20 heavy (non-hydrogen) atoms. The molecule has 2 aromatic rings. The van der Waals surface area contributed by atoms with Crippen molar-refractivity contribution < 1.29 is 4.79 Å². The van der Waals surface area contributed by atoms with Crippen LogP contribution in [0.2, 0.25) is 0 Å². The Hall–Kier alpha value is -1.33. The van der Waals surface area contributed by atoms with Crippen molar-refractivity contribution in [2.45, 2.75) is 13.3 Å². The van der Waals surface area contributed by atoms with E-state index in [9.17, 15) is 4.79 Å². The molecule has 2 N–H and O–H groups in total. The zero-order valence-corrected chi connectivity index (χ0v) is 13.1. The third-order valence-electron chi connectivity index (χ3n) is 3.90. The Morgan fingerprint density at radius 3 is 3.05 bits per heavy atom. The fourth-order valence-corrected chi connectivity index (χ4v) is 3.17. The number of halogens is 1. The van der Waals surface area contributed by atoms with Crippen molar-refractivity contribution in [1.82, 2.24) is 15.2 Å². The predicted octanol–water partition coefficient (Wildman–Crippen LogP) is 2.21. The molecule has 0 radical (unpaired) electrons. The molecule has 0 saturated carbocycles. The number of aryl methyl sites for hydroxylation is 1. The summed E-state index contributed by atoms with van der Waals surface area (Å²) in [4.78, 5) is 17.2. The second-order valence-corrected chi connectivity index (χ2v) is 6.14. The zero-order chi connectivity index (χ0) is 14.1. The van der Waals surface area contributed by atoms with Gasteiger partial charge in [-0.05, 0) is 37.1 Å². The molecule has 0 bridgehead atoms. The van der Waals surface area contributed by atoms with Gasteiger partial charge in [0.15, 0.2) is 0 Å². The minimum atomic E-state index is 0.204. The number of carbonyl (C=O) groups is 1. The average Bonchev–Trinajstić information content (AvgIpc) is 2.73. The van der Waals surface area contributed by atoms with E-state index < -0.39 is 0 Å². The van der Waals surface area contributed by atoms with Gasteiger partial charge in [-0.2, -0.15) is 0 Å². The number of fused-ring (bicyclic) bond motifs is 1. The first-order chi connectivity index (χ1) is 9.65. The van der Waals surface area contributed by atoms with Crippen LogP contribution in [0.5, 0.6) is 0 Å². The molecule has 1 fully saturated rings. The second kappa shape index (κ2) is 5.58. The molecule has 1 aliphatic heterocycles. The Morgan fingerprint density at radius 1 is 1.40 bits per heavy atom. The Labute approximate surface area is 126 Å². The third kappa shape index (κ3) is 2.60. The molecule has 2 heterocycles. The summed E-state index contributed by atoms with van der Waals surface area (Å²) >= 11 is 3.53. The predicted molar refractivity (Wildman–Crippen MR) is 83.9 cm³/mol.